The SMILES string of the molecule is Cc1cc(C)cc(C(O)CN(C)Cc2csc(C)n2)c1. The summed E-state index contributed by atoms with van der Waals surface area (Å²) in [6, 6.07) is 6.23. The van der Waals surface area contributed by atoms with E-state index in [9.17, 15) is 5.11 Å². The smallest absolute Gasteiger partial charge is 0.0917 e. The Morgan fingerprint density at radius 3 is 2.40 bits per heavy atom. The molecule has 0 saturated carbocycles. The maximum atomic E-state index is 10.4. The zero-order valence-electron chi connectivity index (χ0n) is 12.6. The molecule has 0 radical (unpaired) electrons. The van der Waals surface area contributed by atoms with Gasteiger partial charge in [-0.05, 0) is 33.4 Å². The van der Waals surface area contributed by atoms with Crippen molar-refractivity contribution in [3.05, 3.63) is 51.0 Å². The molecule has 1 unspecified atom stereocenters. The molecule has 1 N–H and O–H groups in total. The summed E-state index contributed by atoms with van der Waals surface area (Å²) < 4.78 is 0. The number of nitrogens with zero attached hydrogens (tertiary/aromatic N) is 2. The van der Waals surface area contributed by atoms with Gasteiger partial charge in [0.15, 0.2) is 0 Å². The zero-order valence-corrected chi connectivity index (χ0v) is 13.4. The van der Waals surface area contributed by atoms with E-state index in [1.807, 2.05) is 14.0 Å². The third-order valence-electron chi connectivity index (χ3n) is 3.21. The Balaban J connectivity index is 1.97. The van der Waals surface area contributed by atoms with Gasteiger partial charge in [0.1, 0.15) is 0 Å². The molecule has 4 heteroatoms. The second kappa shape index (κ2) is 6.48. The van der Waals surface area contributed by atoms with Crippen LogP contribution in [0.1, 0.15) is 33.5 Å². The van der Waals surface area contributed by atoms with Gasteiger partial charge in [-0.1, -0.05) is 29.3 Å². The summed E-state index contributed by atoms with van der Waals surface area (Å²) in [6.07, 6.45) is -0.460. The van der Waals surface area contributed by atoms with E-state index < -0.39 is 6.10 Å². The predicted molar refractivity (Wildman–Crippen MR) is 84.1 cm³/mol. The van der Waals surface area contributed by atoms with Crippen LogP contribution in [-0.2, 0) is 6.54 Å². The van der Waals surface area contributed by atoms with Gasteiger partial charge in [-0.3, -0.25) is 4.90 Å². The molecule has 1 atom stereocenters. The van der Waals surface area contributed by atoms with Crippen LogP contribution in [0.4, 0.5) is 0 Å². The van der Waals surface area contributed by atoms with Crippen LogP contribution in [0.5, 0.6) is 0 Å². The highest BCUT2D eigenvalue weighted by Gasteiger charge is 2.12. The van der Waals surface area contributed by atoms with E-state index in [0.29, 0.717) is 6.54 Å². The number of hydrogen-bond acceptors (Lipinski definition) is 4. The molecule has 0 bridgehead atoms. The normalized spacial score (nSPS) is 12.9. The number of aliphatic hydroxyl groups excluding tert-OH is 1. The quantitative estimate of drug-likeness (QED) is 0.918. The van der Waals surface area contributed by atoms with Gasteiger partial charge in [-0.2, -0.15) is 0 Å². The largest absolute Gasteiger partial charge is 0.387 e. The summed E-state index contributed by atoms with van der Waals surface area (Å²) in [4.78, 5) is 6.56. The van der Waals surface area contributed by atoms with Crippen molar-refractivity contribution in [3.63, 3.8) is 0 Å². The molecule has 0 aliphatic rings. The second-order valence-electron chi connectivity index (χ2n) is 5.49. The van der Waals surface area contributed by atoms with Crippen molar-refractivity contribution in [2.24, 2.45) is 0 Å². The van der Waals surface area contributed by atoms with Gasteiger partial charge in [-0.25, -0.2) is 4.98 Å². The number of benzene rings is 1. The molecule has 0 amide bonds. The minimum Gasteiger partial charge on any atom is -0.387 e. The highest BCUT2D eigenvalue weighted by molar-refractivity contribution is 7.09. The Hall–Kier alpha value is -1.23. The number of rotatable bonds is 5. The van der Waals surface area contributed by atoms with E-state index in [-0.39, 0.29) is 0 Å². The highest BCUT2D eigenvalue weighted by atomic mass is 32.1. The summed E-state index contributed by atoms with van der Waals surface area (Å²) in [5.41, 5.74) is 4.44. The number of thiazole rings is 1. The van der Waals surface area contributed by atoms with Gasteiger partial charge in [0.05, 0.1) is 16.8 Å². The Kier molecular flexibility index (Phi) is 4.91. The number of likely N-dealkylation sites (N-methyl/N-ethyl adjacent to an activating group) is 1. The predicted octanol–water partition coefficient (Wildman–Crippen LogP) is 3.23. The van der Waals surface area contributed by atoms with Crippen molar-refractivity contribution in [2.45, 2.75) is 33.4 Å². The maximum Gasteiger partial charge on any atom is 0.0917 e. The summed E-state index contributed by atoms with van der Waals surface area (Å²) in [7, 11) is 2.01. The average Bonchev–Trinajstić information content (AvgIpc) is 2.73. The van der Waals surface area contributed by atoms with Crippen LogP contribution in [0.2, 0.25) is 0 Å². The molecule has 1 aromatic heterocycles. The van der Waals surface area contributed by atoms with E-state index >= 15 is 0 Å². The molecule has 20 heavy (non-hydrogen) atoms. The molecule has 0 fully saturated rings. The lowest BCUT2D eigenvalue weighted by atomic mass is 10.0. The molecule has 1 aromatic carbocycles. The summed E-state index contributed by atoms with van der Waals surface area (Å²) >= 11 is 1.67. The van der Waals surface area contributed by atoms with Crippen molar-refractivity contribution in [1.82, 2.24) is 9.88 Å². The van der Waals surface area contributed by atoms with Crippen LogP contribution >= 0.6 is 11.3 Å². The molecule has 0 spiro atoms. The number of hydrogen-bond donors (Lipinski definition) is 1. The first-order valence-electron chi connectivity index (χ1n) is 6.80. The average molecular weight is 290 g/mol. The van der Waals surface area contributed by atoms with Crippen LogP contribution in [0.3, 0.4) is 0 Å². The van der Waals surface area contributed by atoms with Crippen molar-refractivity contribution in [2.75, 3.05) is 13.6 Å². The Bertz CT molecular complexity index is 559. The maximum absolute atomic E-state index is 10.4. The number of aromatic nitrogens is 1. The minimum atomic E-state index is -0.460. The molecule has 0 saturated heterocycles. The molecular weight excluding hydrogens is 268 g/mol. The third kappa shape index (κ3) is 4.13. The van der Waals surface area contributed by atoms with Gasteiger partial charge >= 0.3 is 0 Å². The second-order valence-corrected chi connectivity index (χ2v) is 6.55. The van der Waals surface area contributed by atoms with Crippen LogP contribution < -0.4 is 0 Å². The zero-order chi connectivity index (χ0) is 14.7. The monoisotopic (exact) mass is 290 g/mol. The third-order valence-corrected chi connectivity index (χ3v) is 4.03. The summed E-state index contributed by atoms with van der Waals surface area (Å²) in [5.74, 6) is 0. The molecular formula is C16H22N2OS. The molecule has 0 aliphatic heterocycles. The molecule has 2 aromatic rings. The van der Waals surface area contributed by atoms with E-state index in [1.165, 1.54) is 11.1 Å². The molecule has 1 heterocycles. The first kappa shape index (κ1) is 15.2. The van der Waals surface area contributed by atoms with Crippen LogP contribution in [0, 0.1) is 20.8 Å². The summed E-state index contributed by atoms with van der Waals surface area (Å²) in [5, 5.41) is 13.5. The first-order valence-corrected chi connectivity index (χ1v) is 7.68. The Morgan fingerprint density at radius 1 is 1.20 bits per heavy atom. The van der Waals surface area contributed by atoms with Gasteiger partial charge in [-0.15, -0.1) is 11.3 Å². The Morgan fingerprint density at radius 2 is 1.85 bits per heavy atom. The van der Waals surface area contributed by atoms with E-state index in [2.05, 4.69) is 47.3 Å². The standard InChI is InChI=1S/C16H22N2OS/c1-11-5-12(2)7-14(6-11)16(19)9-18(4)8-15-10-20-13(3)17-15/h5-7,10,16,19H,8-9H2,1-4H3. The molecule has 108 valence electrons. The van der Waals surface area contributed by atoms with Crippen LogP contribution in [-0.4, -0.2) is 28.6 Å². The van der Waals surface area contributed by atoms with E-state index in [0.717, 1.165) is 22.8 Å². The van der Waals surface area contributed by atoms with Gasteiger partial charge < -0.3 is 5.11 Å². The Labute approximate surface area is 124 Å². The van der Waals surface area contributed by atoms with Crippen molar-refractivity contribution < 1.29 is 5.11 Å². The highest BCUT2D eigenvalue weighted by Crippen LogP contribution is 2.18. The van der Waals surface area contributed by atoms with Crippen LogP contribution in [0.15, 0.2) is 23.6 Å². The lowest BCUT2D eigenvalue weighted by Gasteiger charge is -2.20. The van der Waals surface area contributed by atoms with Gasteiger partial charge in [0.25, 0.3) is 0 Å². The fourth-order valence-electron chi connectivity index (χ4n) is 2.42. The fraction of sp³-hybridized carbons (Fsp3) is 0.438. The fourth-order valence-corrected chi connectivity index (χ4v) is 3.03. The molecule has 2 rings (SSSR count). The number of aryl methyl sites for hydroxylation is 3. The topological polar surface area (TPSA) is 36.4 Å². The van der Waals surface area contributed by atoms with Gasteiger partial charge in [0, 0.05) is 18.5 Å². The minimum absolute atomic E-state index is 0.460. The van der Waals surface area contributed by atoms with E-state index in [4.69, 9.17) is 0 Å². The molecule has 0 aliphatic carbocycles. The van der Waals surface area contributed by atoms with Gasteiger partial charge in [0.2, 0.25) is 0 Å². The summed E-state index contributed by atoms with van der Waals surface area (Å²) in [6.45, 7) is 7.51. The van der Waals surface area contributed by atoms with Crippen LogP contribution in [0.25, 0.3) is 0 Å². The van der Waals surface area contributed by atoms with E-state index in [1.54, 1.807) is 11.3 Å². The van der Waals surface area contributed by atoms with Crippen molar-refractivity contribution in [1.29, 1.82) is 0 Å². The lowest BCUT2D eigenvalue weighted by molar-refractivity contribution is 0.123. The van der Waals surface area contributed by atoms with Crippen molar-refractivity contribution >= 4 is 11.3 Å². The van der Waals surface area contributed by atoms with Crippen molar-refractivity contribution in [3.8, 4) is 0 Å². The number of aliphatic hydroxyl groups is 1. The first-order chi connectivity index (χ1) is 9.44. The molecule has 3 nitrogen and oxygen atoms in total. The lowest BCUT2D eigenvalue weighted by Crippen LogP contribution is -2.24.